The lowest BCUT2D eigenvalue weighted by Crippen LogP contribution is -2.64. The van der Waals surface area contributed by atoms with E-state index in [1.807, 2.05) is 6.07 Å². The zero-order chi connectivity index (χ0) is 16.1. The van der Waals surface area contributed by atoms with E-state index in [0.717, 1.165) is 37.3 Å². The number of aromatic hydroxyl groups is 1. The summed E-state index contributed by atoms with van der Waals surface area (Å²) in [5.41, 5.74) is 2.13. The van der Waals surface area contributed by atoms with Gasteiger partial charge in [0.1, 0.15) is 5.83 Å². The minimum atomic E-state index is -0.524. The van der Waals surface area contributed by atoms with Gasteiger partial charge in [0, 0.05) is 23.6 Å². The molecule has 4 atom stereocenters. The lowest BCUT2D eigenvalue weighted by Gasteiger charge is -2.57. The van der Waals surface area contributed by atoms with Gasteiger partial charge in [-0.05, 0) is 68.2 Å². The molecule has 1 N–H and O–H groups in total. The Morgan fingerprint density at radius 3 is 3.04 bits per heavy atom. The van der Waals surface area contributed by atoms with E-state index >= 15 is 0 Å². The van der Waals surface area contributed by atoms with Gasteiger partial charge in [-0.1, -0.05) is 6.07 Å². The van der Waals surface area contributed by atoms with Gasteiger partial charge in [0.15, 0.2) is 17.6 Å². The summed E-state index contributed by atoms with van der Waals surface area (Å²) < 4.78 is 20.7. The van der Waals surface area contributed by atoms with Gasteiger partial charge in [0.05, 0.1) is 0 Å². The third-order valence-electron chi connectivity index (χ3n) is 7.24. The molecular formula is C20H22FNO2. The molecule has 1 saturated heterocycles. The van der Waals surface area contributed by atoms with Gasteiger partial charge in [-0.3, -0.25) is 4.90 Å². The molecule has 3 aliphatic carbocycles. The first-order valence-electron chi connectivity index (χ1n) is 9.30. The van der Waals surface area contributed by atoms with Crippen molar-refractivity contribution in [1.29, 1.82) is 0 Å². The van der Waals surface area contributed by atoms with E-state index in [1.165, 1.54) is 24.9 Å². The van der Waals surface area contributed by atoms with E-state index in [1.54, 1.807) is 12.1 Å². The molecule has 4 heteroatoms. The van der Waals surface area contributed by atoms with Gasteiger partial charge in [-0.15, -0.1) is 0 Å². The van der Waals surface area contributed by atoms with E-state index in [9.17, 15) is 9.50 Å². The number of piperidine rings is 1. The normalized spacial score (nSPS) is 39.2. The molecule has 1 aromatic carbocycles. The Labute approximate surface area is 141 Å². The molecule has 2 bridgehead atoms. The van der Waals surface area contributed by atoms with Gasteiger partial charge >= 0.3 is 0 Å². The van der Waals surface area contributed by atoms with Crippen LogP contribution < -0.4 is 4.74 Å². The highest BCUT2D eigenvalue weighted by atomic mass is 19.1. The molecule has 1 spiro atoms. The Hall–Kier alpha value is -1.55. The fourth-order valence-electron chi connectivity index (χ4n) is 6.05. The van der Waals surface area contributed by atoms with E-state index in [0.29, 0.717) is 17.7 Å². The molecule has 1 saturated carbocycles. The van der Waals surface area contributed by atoms with E-state index in [4.69, 9.17) is 4.74 Å². The smallest absolute Gasteiger partial charge is 0.166 e. The summed E-state index contributed by atoms with van der Waals surface area (Å²) in [6, 6.07) is 4.25. The molecule has 1 unspecified atom stereocenters. The summed E-state index contributed by atoms with van der Waals surface area (Å²) in [5, 5.41) is 10.3. The number of phenolic OH excluding ortho intramolecular Hbond substituents is 1. The van der Waals surface area contributed by atoms with Crippen LogP contribution in [0.4, 0.5) is 4.39 Å². The van der Waals surface area contributed by atoms with Crippen molar-refractivity contribution in [2.75, 3.05) is 13.1 Å². The SMILES string of the molecule is Oc1ccc2c3c1OC1C(F)=CC[C@H]4[C@@H](C2)N(CC2CC2)CC[C@]314. The molecule has 0 aromatic heterocycles. The topological polar surface area (TPSA) is 32.7 Å². The Kier molecular flexibility index (Phi) is 2.48. The highest BCUT2D eigenvalue weighted by molar-refractivity contribution is 5.61. The Balaban J connectivity index is 1.54. The molecule has 2 fully saturated rings. The number of hydrogen-bond donors (Lipinski definition) is 1. The highest BCUT2D eigenvalue weighted by Crippen LogP contribution is 2.64. The van der Waals surface area contributed by atoms with E-state index in [2.05, 4.69) is 4.90 Å². The summed E-state index contributed by atoms with van der Waals surface area (Å²) in [5.74, 6) is 1.88. The number of allylic oxidation sites excluding steroid dienone is 1. The van der Waals surface area contributed by atoms with Crippen LogP contribution in [0.15, 0.2) is 24.0 Å². The Bertz CT molecular complexity index is 771. The van der Waals surface area contributed by atoms with Crippen LogP contribution in [0.25, 0.3) is 0 Å². The van der Waals surface area contributed by atoms with E-state index < -0.39 is 6.10 Å². The monoisotopic (exact) mass is 327 g/mol. The quantitative estimate of drug-likeness (QED) is 0.905. The molecular weight excluding hydrogens is 305 g/mol. The Morgan fingerprint density at radius 1 is 1.33 bits per heavy atom. The van der Waals surface area contributed by atoms with Crippen LogP contribution >= 0.6 is 0 Å². The van der Waals surface area contributed by atoms with Crippen molar-refractivity contribution < 1.29 is 14.2 Å². The molecule has 0 amide bonds. The standard InChI is InChI=1S/C20H22FNO2/c21-14-5-4-13-15-9-12-3-6-16(23)18-17(12)20(13,19(14)24-18)7-8-22(15)10-11-1-2-11/h3,5-6,11,13,15,19,23H,1-2,4,7-10H2/t13-,15+,19?,20-/m0/s1. The summed E-state index contributed by atoms with van der Waals surface area (Å²) in [7, 11) is 0. The second kappa shape index (κ2) is 4.34. The third kappa shape index (κ3) is 1.52. The molecule has 2 aliphatic heterocycles. The van der Waals surface area contributed by atoms with Gasteiger partial charge < -0.3 is 9.84 Å². The average Bonchev–Trinajstić information content (AvgIpc) is 3.32. The molecule has 2 heterocycles. The van der Waals surface area contributed by atoms with Crippen molar-refractivity contribution >= 4 is 0 Å². The zero-order valence-electron chi connectivity index (χ0n) is 13.7. The lowest BCUT2D eigenvalue weighted by molar-refractivity contribution is -0.0284. The summed E-state index contributed by atoms with van der Waals surface area (Å²) in [4.78, 5) is 2.68. The molecule has 6 rings (SSSR count). The molecule has 24 heavy (non-hydrogen) atoms. The first-order valence-corrected chi connectivity index (χ1v) is 9.30. The second-order valence-electron chi connectivity index (χ2n) is 8.38. The minimum Gasteiger partial charge on any atom is -0.504 e. The van der Waals surface area contributed by atoms with Gasteiger partial charge in [-0.25, -0.2) is 4.39 Å². The van der Waals surface area contributed by atoms with Crippen LogP contribution in [0.1, 0.15) is 36.8 Å². The van der Waals surface area contributed by atoms with Crippen molar-refractivity contribution in [3.05, 3.63) is 35.2 Å². The summed E-state index contributed by atoms with van der Waals surface area (Å²) in [6.45, 7) is 2.23. The first kappa shape index (κ1) is 13.7. The average molecular weight is 327 g/mol. The number of nitrogens with zero attached hydrogens (tertiary/aromatic N) is 1. The number of hydrogen-bond acceptors (Lipinski definition) is 3. The fourth-order valence-corrected chi connectivity index (χ4v) is 6.05. The predicted molar refractivity (Wildman–Crippen MR) is 87.9 cm³/mol. The van der Waals surface area contributed by atoms with Gasteiger partial charge in [0.2, 0.25) is 0 Å². The second-order valence-corrected chi connectivity index (χ2v) is 8.38. The molecule has 0 radical (unpaired) electrons. The maximum absolute atomic E-state index is 14.7. The third-order valence-corrected chi connectivity index (χ3v) is 7.24. The number of ether oxygens (including phenoxy) is 1. The van der Waals surface area contributed by atoms with Crippen LogP contribution in [-0.4, -0.2) is 35.2 Å². The minimum absolute atomic E-state index is 0.135. The summed E-state index contributed by atoms with van der Waals surface area (Å²) in [6.07, 6.45) is 6.70. The lowest BCUT2D eigenvalue weighted by atomic mass is 9.53. The Morgan fingerprint density at radius 2 is 2.21 bits per heavy atom. The van der Waals surface area contributed by atoms with Crippen molar-refractivity contribution in [3.63, 3.8) is 0 Å². The van der Waals surface area contributed by atoms with E-state index in [-0.39, 0.29) is 17.0 Å². The number of rotatable bonds is 2. The zero-order valence-corrected chi connectivity index (χ0v) is 13.7. The first-order chi connectivity index (χ1) is 11.7. The maximum atomic E-state index is 14.7. The van der Waals surface area contributed by atoms with Crippen LogP contribution in [0.5, 0.6) is 11.5 Å². The van der Waals surface area contributed by atoms with Crippen LogP contribution in [0.2, 0.25) is 0 Å². The van der Waals surface area contributed by atoms with Gasteiger partial charge in [0.25, 0.3) is 0 Å². The fraction of sp³-hybridized carbons (Fsp3) is 0.600. The van der Waals surface area contributed by atoms with Crippen molar-refractivity contribution in [2.45, 2.75) is 49.7 Å². The molecule has 3 nitrogen and oxygen atoms in total. The number of halogens is 1. The highest BCUT2D eigenvalue weighted by Gasteiger charge is 2.64. The number of likely N-dealkylation sites (tertiary alicyclic amines) is 1. The van der Waals surface area contributed by atoms with Crippen LogP contribution in [-0.2, 0) is 11.8 Å². The predicted octanol–water partition coefficient (Wildman–Crippen LogP) is 3.30. The molecule has 126 valence electrons. The maximum Gasteiger partial charge on any atom is 0.166 e. The van der Waals surface area contributed by atoms with Gasteiger partial charge in [-0.2, -0.15) is 0 Å². The van der Waals surface area contributed by atoms with Crippen molar-refractivity contribution in [2.24, 2.45) is 11.8 Å². The van der Waals surface area contributed by atoms with Crippen molar-refractivity contribution in [1.82, 2.24) is 4.90 Å². The largest absolute Gasteiger partial charge is 0.504 e. The number of phenols is 1. The summed E-state index contributed by atoms with van der Waals surface area (Å²) >= 11 is 0. The van der Waals surface area contributed by atoms with Crippen LogP contribution in [0, 0.1) is 11.8 Å². The molecule has 5 aliphatic rings. The van der Waals surface area contributed by atoms with Crippen LogP contribution in [0.3, 0.4) is 0 Å². The number of benzene rings is 1. The van der Waals surface area contributed by atoms with Crippen molar-refractivity contribution in [3.8, 4) is 11.5 Å². The molecule has 1 aromatic rings.